The lowest BCUT2D eigenvalue weighted by molar-refractivity contribution is 0.0522. The van der Waals surface area contributed by atoms with Crippen molar-refractivity contribution >= 4 is 9.84 Å². The highest BCUT2D eigenvalue weighted by molar-refractivity contribution is 7.91. The van der Waals surface area contributed by atoms with Gasteiger partial charge in [-0.25, -0.2) is 8.42 Å². The normalized spacial score (nSPS) is 19.4. The van der Waals surface area contributed by atoms with Gasteiger partial charge < -0.3 is 9.84 Å². The number of hydrogen-bond donors (Lipinski definition) is 1. The van der Waals surface area contributed by atoms with Crippen molar-refractivity contribution in [3.8, 4) is 5.75 Å². The molecule has 1 heterocycles. The second-order valence-corrected chi connectivity index (χ2v) is 10.4. The molecule has 0 bridgehead atoms. The van der Waals surface area contributed by atoms with Crippen molar-refractivity contribution in [2.75, 3.05) is 24.7 Å². The van der Waals surface area contributed by atoms with Gasteiger partial charge >= 0.3 is 0 Å². The van der Waals surface area contributed by atoms with Gasteiger partial charge in [-0.1, -0.05) is 42.0 Å². The van der Waals surface area contributed by atoms with Gasteiger partial charge in [-0.15, -0.1) is 0 Å². The minimum Gasteiger partial charge on any atom is -0.491 e. The maximum absolute atomic E-state index is 12.0. The third kappa shape index (κ3) is 6.04. The van der Waals surface area contributed by atoms with Gasteiger partial charge in [-0.05, 0) is 49.9 Å². The van der Waals surface area contributed by atoms with E-state index < -0.39 is 15.9 Å². The number of nitrogens with zero attached hydrogens (tertiary/aromatic N) is 1. The monoisotopic (exact) mass is 417 g/mol. The van der Waals surface area contributed by atoms with E-state index >= 15 is 0 Å². The van der Waals surface area contributed by atoms with Crippen molar-refractivity contribution in [1.82, 2.24) is 4.90 Å². The minimum atomic E-state index is -3.00. The zero-order valence-electron chi connectivity index (χ0n) is 17.5. The molecule has 0 aliphatic carbocycles. The summed E-state index contributed by atoms with van der Waals surface area (Å²) in [5, 5.41) is 10.6. The number of benzene rings is 2. The summed E-state index contributed by atoms with van der Waals surface area (Å²) >= 11 is 0. The van der Waals surface area contributed by atoms with E-state index in [9.17, 15) is 13.5 Å². The number of sulfone groups is 1. The Balaban J connectivity index is 1.66. The van der Waals surface area contributed by atoms with E-state index in [0.29, 0.717) is 19.5 Å². The lowest BCUT2D eigenvalue weighted by Crippen LogP contribution is -2.42. The first-order valence-electron chi connectivity index (χ1n) is 10.1. The zero-order valence-corrected chi connectivity index (χ0v) is 18.3. The number of aryl methyl sites for hydroxylation is 2. The second-order valence-electron chi connectivity index (χ2n) is 8.13. The van der Waals surface area contributed by atoms with Crippen LogP contribution < -0.4 is 4.74 Å². The predicted octanol–water partition coefficient (Wildman–Crippen LogP) is 3.04. The largest absolute Gasteiger partial charge is 0.491 e. The number of hydrogen-bond acceptors (Lipinski definition) is 5. The van der Waals surface area contributed by atoms with Gasteiger partial charge in [0.2, 0.25) is 0 Å². The van der Waals surface area contributed by atoms with Crippen molar-refractivity contribution < 1.29 is 18.3 Å². The first kappa shape index (κ1) is 21.8. The Labute approximate surface area is 174 Å². The second kappa shape index (κ2) is 9.28. The van der Waals surface area contributed by atoms with Gasteiger partial charge in [0.25, 0.3) is 0 Å². The maximum atomic E-state index is 12.0. The molecule has 2 aromatic carbocycles. The summed E-state index contributed by atoms with van der Waals surface area (Å²) in [4.78, 5) is 2.09. The average molecular weight is 418 g/mol. The predicted molar refractivity (Wildman–Crippen MR) is 116 cm³/mol. The van der Waals surface area contributed by atoms with Crippen molar-refractivity contribution in [2.24, 2.45) is 0 Å². The van der Waals surface area contributed by atoms with Crippen LogP contribution in [0.15, 0.2) is 42.5 Å². The number of ether oxygens (including phenoxy) is 1. The summed E-state index contributed by atoms with van der Waals surface area (Å²) in [5.74, 6) is 1.15. The molecule has 1 N–H and O–H groups in total. The molecule has 0 amide bonds. The molecule has 3 rings (SSSR count). The lowest BCUT2D eigenvalue weighted by atomic mass is 10.1. The zero-order chi connectivity index (χ0) is 21.0. The van der Waals surface area contributed by atoms with Gasteiger partial charge in [0.1, 0.15) is 18.5 Å². The number of rotatable bonds is 8. The van der Waals surface area contributed by atoms with E-state index in [-0.39, 0.29) is 24.2 Å². The van der Waals surface area contributed by atoms with Crippen LogP contribution in [0.25, 0.3) is 0 Å². The molecule has 2 atom stereocenters. The molecule has 5 nitrogen and oxygen atoms in total. The summed E-state index contributed by atoms with van der Waals surface area (Å²) in [5.41, 5.74) is 4.51. The summed E-state index contributed by atoms with van der Waals surface area (Å²) in [7, 11) is -3.00. The molecule has 2 unspecified atom stereocenters. The third-order valence-corrected chi connectivity index (χ3v) is 7.41. The van der Waals surface area contributed by atoms with Crippen LogP contribution in [0.5, 0.6) is 5.75 Å². The molecule has 2 aromatic rings. The first-order valence-corrected chi connectivity index (χ1v) is 11.9. The molecule has 1 aliphatic heterocycles. The lowest BCUT2D eigenvalue weighted by Gasteiger charge is -2.30. The van der Waals surface area contributed by atoms with Gasteiger partial charge in [0.15, 0.2) is 9.84 Å². The Morgan fingerprint density at radius 1 is 1.14 bits per heavy atom. The smallest absolute Gasteiger partial charge is 0.151 e. The Hall–Kier alpha value is -1.89. The van der Waals surface area contributed by atoms with Gasteiger partial charge in [0.05, 0.1) is 11.5 Å². The summed E-state index contributed by atoms with van der Waals surface area (Å²) in [6.45, 7) is 7.24. The van der Waals surface area contributed by atoms with Crippen molar-refractivity contribution in [1.29, 1.82) is 0 Å². The van der Waals surface area contributed by atoms with E-state index in [4.69, 9.17) is 4.74 Å². The van der Waals surface area contributed by atoms with Crippen LogP contribution in [0.2, 0.25) is 0 Å². The fraction of sp³-hybridized carbons (Fsp3) is 0.478. The van der Waals surface area contributed by atoms with Crippen LogP contribution in [-0.2, 0) is 16.4 Å². The van der Waals surface area contributed by atoms with Gasteiger partial charge in [0, 0.05) is 19.1 Å². The SMILES string of the molecule is Cc1ccc(CN(CC(O)COc2cccc(C)c2C)C2CCS(=O)(=O)C2)cc1. The minimum absolute atomic E-state index is 0.0725. The molecule has 0 saturated carbocycles. The Kier molecular flexibility index (Phi) is 6.98. The van der Waals surface area contributed by atoms with Gasteiger partial charge in [-0.3, -0.25) is 4.90 Å². The van der Waals surface area contributed by atoms with Gasteiger partial charge in [-0.2, -0.15) is 0 Å². The van der Waals surface area contributed by atoms with Crippen molar-refractivity contribution in [3.63, 3.8) is 0 Å². The molecule has 6 heteroatoms. The highest BCUT2D eigenvalue weighted by atomic mass is 32.2. The summed E-state index contributed by atoms with van der Waals surface area (Å²) in [6, 6.07) is 14.0. The molecular formula is C23H31NO4S. The number of aliphatic hydroxyl groups excluding tert-OH is 1. The molecule has 1 fully saturated rings. The standard InChI is InChI=1S/C23H31NO4S/c1-17-7-9-20(10-8-17)13-24(21-11-12-29(26,27)16-21)14-22(25)15-28-23-6-4-5-18(2)19(23)3/h4-10,21-22,25H,11-16H2,1-3H3. The number of aliphatic hydroxyl groups is 1. The van der Waals surface area contributed by atoms with Crippen LogP contribution in [0.4, 0.5) is 0 Å². The highest BCUT2D eigenvalue weighted by Crippen LogP contribution is 2.23. The van der Waals surface area contributed by atoms with Crippen LogP contribution in [0, 0.1) is 20.8 Å². The first-order chi connectivity index (χ1) is 13.7. The average Bonchev–Trinajstić information content (AvgIpc) is 3.04. The quantitative estimate of drug-likeness (QED) is 0.715. The fourth-order valence-corrected chi connectivity index (χ4v) is 5.49. The Morgan fingerprint density at radius 2 is 1.86 bits per heavy atom. The van der Waals surface area contributed by atoms with E-state index in [1.807, 2.05) is 39.0 Å². The molecule has 0 aromatic heterocycles. The van der Waals surface area contributed by atoms with Crippen molar-refractivity contribution in [3.05, 3.63) is 64.7 Å². The van der Waals surface area contributed by atoms with Crippen LogP contribution in [0.3, 0.4) is 0 Å². The molecule has 158 valence electrons. The highest BCUT2D eigenvalue weighted by Gasteiger charge is 2.33. The summed E-state index contributed by atoms with van der Waals surface area (Å²) < 4.78 is 29.8. The molecule has 1 saturated heterocycles. The molecule has 0 spiro atoms. The third-order valence-electron chi connectivity index (χ3n) is 5.66. The van der Waals surface area contributed by atoms with Crippen molar-refractivity contribution in [2.45, 2.75) is 45.9 Å². The molecule has 29 heavy (non-hydrogen) atoms. The molecule has 1 aliphatic rings. The summed E-state index contributed by atoms with van der Waals surface area (Å²) in [6.07, 6.45) is -0.0951. The van der Waals surface area contributed by atoms with E-state index in [1.54, 1.807) is 0 Å². The molecule has 0 radical (unpaired) electrons. The topological polar surface area (TPSA) is 66.8 Å². The van der Waals surface area contributed by atoms with Crippen LogP contribution in [0.1, 0.15) is 28.7 Å². The maximum Gasteiger partial charge on any atom is 0.151 e. The fourth-order valence-electron chi connectivity index (χ4n) is 3.72. The van der Waals surface area contributed by atoms with E-state index in [1.165, 1.54) is 5.56 Å². The van der Waals surface area contributed by atoms with E-state index in [0.717, 1.165) is 22.4 Å². The van der Waals surface area contributed by atoms with Crippen LogP contribution >= 0.6 is 0 Å². The Morgan fingerprint density at radius 3 is 2.52 bits per heavy atom. The molecular weight excluding hydrogens is 386 g/mol. The Bertz CT molecular complexity index is 924. The van der Waals surface area contributed by atoms with Crippen LogP contribution in [-0.4, -0.2) is 55.2 Å². The van der Waals surface area contributed by atoms with E-state index in [2.05, 4.69) is 29.2 Å².